The first-order chi connectivity index (χ1) is 11.5. The van der Waals surface area contributed by atoms with Crippen LogP contribution in [0, 0.1) is 5.92 Å². The Morgan fingerprint density at radius 1 is 1.25 bits per heavy atom. The first-order valence-corrected chi connectivity index (χ1v) is 8.84. The topological polar surface area (TPSA) is 70.5 Å². The van der Waals surface area contributed by atoms with Crippen LogP contribution in [-0.4, -0.2) is 52.2 Å². The summed E-state index contributed by atoms with van der Waals surface area (Å²) < 4.78 is 1.97. The molecule has 7 heteroatoms. The Labute approximate surface area is 143 Å². The number of aromatic nitrogens is 2. The van der Waals surface area contributed by atoms with Gasteiger partial charge in [0.05, 0.1) is 24.5 Å². The number of aryl methyl sites for hydroxylation is 1. The first-order valence-electron chi connectivity index (χ1n) is 8.84. The molecular weight excluding hydrogens is 306 g/mol. The quantitative estimate of drug-likeness (QED) is 0.913. The number of hydrogen-bond acceptors (Lipinski definition) is 3. The zero-order valence-electron chi connectivity index (χ0n) is 14.6. The van der Waals surface area contributed by atoms with Crippen molar-refractivity contribution in [2.75, 3.05) is 20.6 Å². The molecule has 3 rings (SSSR count). The minimum atomic E-state index is 0.0285. The van der Waals surface area contributed by atoms with Gasteiger partial charge in [-0.15, -0.1) is 0 Å². The van der Waals surface area contributed by atoms with Crippen molar-refractivity contribution < 1.29 is 9.59 Å². The Hall–Kier alpha value is -2.05. The fourth-order valence-electron chi connectivity index (χ4n) is 3.56. The number of amides is 3. The van der Waals surface area contributed by atoms with Gasteiger partial charge in [0.25, 0.3) is 0 Å². The minimum absolute atomic E-state index is 0.0285. The van der Waals surface area contributed by atoms with Gasteiger partial charge in [0.1, 0.15) is 0 Å². The molecule has 1 aromatic heterocycles. The van der Waals surface area contributed by atoms with E-state index in [-0.39, 0.29) is 17.9 Å². The van der Waals surface area contributed by atoms with Crippen molar-refractivity contribution in [1.82, 2.24) is 24.9 Å². The summed E-state index contributed by atoms with van der Waals surface area (Å²) in [7, 11) is 3.54. The largest absolute Gasteiger partial charge is 0.350 e. The lowest BCUT2D eigenvalue weighted by Gasteiger charge is -2.23. The predicted octanol–water partition coefficient (Wildman–Crippen LogP) is 1.58. The summed E-state index contributed by atoms with van der Waals surface area (Å²) in [6.07, 6.45) is 5.22. The molecule has 7 nitrogen and oxygen atoms in total. The second-order valence-corrected chi connectivity index (χ2v) is 7.00. The van der Waals surface area contributed by atoms with Gasteiger partial charge in [-0.2, -0.15) is 5.10 Å². The molecule has 0 spiro atoms. The molecule has 2 heterocycles. The van der Waals surface area contributed by atoms with E-state index in [1.54, 1.807) is 19.0 Å². The lowest BCUT2D eigenvalue weighted by molar-refractivity contribution is -0.124. The molecule has 132 valence electrons. The van der Waals surface area contributed by atoms with Crippen molar-refractivity contribution in [2.45, 2.75) is 51.7 Å². The fourth-order valence-corrected chi connectivity index (χ4v) is 3.56. The van der Waals surface area contributed by atoms with Crippen LogP contribution in [0.2, 0.25) is 0 Å². The minimum Gasteiger partial charge on any atom is -0.350 e. The van der Waals surface area contributed by atoms with Crippen LogP contribution in [-0.2, 0) is 24.4 Å². The van der Waals surface area contributed by atoms with Crippen molar-refractivity contribution in [1.29, 1.82) is 0 Å². The number of hydrogen-bond donors (Lipinski definition) is 1. The van der Waals surface area contributed by atoms with Crippen LogP contribution in [0.3, 0.4) is 0 Å². The molecule has 0 bridgehead atoms. The maximum absolute atomic E-state index is 12.2. The lowest BCUT2D eigenvalue weighted by Crippen LogP contribution is -2.38. The van der Waals surface area contributed by atoms with Gasteiger partial charge in [-0.1, -0.05) is 12.8 Å². The summed E-state index contributed by atoms with van der Waals surface area (Å²) in [6, 6.07) is 2.04. The van der Waals surface area contributed by atoms with E-state index in [4.69, 9.17) is 0 Å². The van der Waals surface area contributed by atoms with E-state index in [0.717, 1.165) is 56.6 Å². The van der Waals surface area contributed by atoms with Crippen LogP contribution in [0.25, 0.3) is 0 Å². The lowest BCUT2D eigenvalue weighted by atomic mass is 10.1. The average Bonchev–Trinajstić information content (AvgIpc) is 3.18. The third kappa shape index (κ3) is 3.71. The van der Waals surface area contributed by atoms with Gasteiger partial charge in [0.2, 0.25) is 5.91 Å². The van der Waals surface area contributed by atoms with Gasteiger partial charge in [0.15, 0.2) is 0 Å². The summed E-state index contributed by atoms with van der Waals surface area (Å²) in [5.41, 5.74) is 1.91. The number of carbonyl (C=O) groups excluding carboxylic acids is 2. The Balaban J connectivity index is 1.61. The smallest absolute Gasteiger partial charge is 0.319 e. The third-order valence-corrected chi connectivity index (χ3v) is 4.89. The van der Waals surface area contributed by atoms with Gasteiger partial charge < -0.3 is 15.1 Å². The highest BCUT2D eigenvalue weighted by Gasteiger charge is 2.24. The van der Waals surface area contributed by atoms with Gasteiger partial charge in [-0.25, -0.2) is 4.79 Å². The zero-order chi connectivity index (χ0) is 17.1. The Kier molecular flexibility index (Phi) is 5.06. The highest BCUT2D eigenvalue weighted by Crippen LogP contribution is 2.24. The first kappa shape index (κ1) is 16.8. The summed E-state index contributed by atoms with van der Waals surface area (Å²) >= 11 is 0. The molecule has 1 N–H and O–H groups in total. The molecule has 0 aromatic carbocycles. The second kappa shape index (κ2) is 7.23. The second-order valence-electron chi connectivity index (χ2n) is 7.00. The molecule has 1 saturated carbocycles. The van der Waals surface area contributed by atoms with Gasteiger partial charge in [-0.05, 0) is 25.3 Å². The highest BCUT2D eigenvalue weighted by atomic mass is 16.2. The number of rotatable bonds is 3. The van der Waals surface area contributed by atoms with Crippen LogP contribution in [0.4, 0.5) is 4.79 Å². The zero-order valence-corrected chi connectivity index (χ0v) is 14.6. The maximum Gasteiger partial charge on any atom is 0.319 e. The molecule has 1 aliphatic heterocycles. The predicted molar refractivity (Wildman–Crippen MR) is 90.1 cm³/mol. The number of urea groups is 1. The average molecular weight is 333 g/mol. The van der Waals surface area contributed by atoms with Crippen LogP contribution < -0.4 is 5.32 Å². The molecule has 3 amide bonds. The Morgan fingerprint density at radius 2 is 2.00 bits per heavy atom. The van der Waals surface area contributed by atoms with Crippen LogP contribution in [0.15, 0.2) is 6.07 Å². The summed E-state index contributed by atoms with van der Waals surface area (Å²) in [6.45, 7) is 2.59. The van der Waals surface area contributed by atoms with E-state index < -0.39 is 0 Å². The van der Waals surface area contributed by atoms with E-state index in [1.165, 1.54) is 0 Å². The van der Waals surface area contributed by atoms with E-state index in [0.29, 0.717) is 13.1 Å². The fraction of sp³-hybridized carbons (Fsp3) is 0.706. The van der Waals surface area contributed by atoms with Crippen LogP contribution >= 0.6 is 0 Å². The van der Waals surface area contributed by atoms with Gasteiger partial charge in [-0.3, -0.25) is 9.48 Å². The van der Waals surface area contributed by atoms with Crippen molar-refractivity contribution in [2.24, 2.45) is 5.92 Å². The van der Waals surface area contributed by atoms with E-state index in [9.17, 15) is 9.59 Å². The molecule has 1 aromatic rings. The Bertz CT molecular complexity index is 604. The molecular formula is C17H27N5O2. The number of carbonyl (C=O) groups is 2. The molecule has 0 radical (unpaired) electrons. The normalized spacial score (nSPS) is 18.2. The van der Waals surface area contributed by atoms with E-state index >= 15 is 0 Å². The SMILES string of the molecule is CN(C)C(=O)N1CCCn2nc(CNC(=O)C3CCCC3)cc2C1. The number of nitrogens with one attached hydrogen (secondary N) is 1. The molecule has 2 aliphatic rings. The molecule has 1 fully saturated rings. The van der Waals surface area contributed by atoms with E-state index in [2.05, 4.69) is 10.4 Å². The number of nitrogens with zero attached hydrogens (tertiary/aromatic N) is 4. The van der Waals surface area contributed by atoms with Crippen molar-refractivity contribution in [3.8, 4) is 0 Å². The number of fused-ring (bicyclic) bond motifs is 1. The van der Waals surface area contributed by atoms with Gasteiger partial charge >= 0.3 is 6.03 Å². The highest BCUT2D eigenvalue weighted by molar-refractivity contribution is 5.78. The summed E-state index contributed by atoms with van der Waals surface area (Å²) in [4.78, 5) is 27.8. The monoisotopic (exact) mass is 333 g/mol. The third-order valence-electron chi connectivity index (χ3n) is 4.89. The van der Waals surface area contributed by atoms with Gasteiger partial charge in [0, 0.05) is 33.1 Å². The van der Waals surface area contributed by atoms with E-state index in [1.807, 2.05) is 15.6 Å². The van der Waals surface area contributed by atoms with Crippen molar-refractivity contribution >= 4 is 11.9 Å². The standard InChI is InChI=1S/C17H27N5O2/c1-20(2)17(24)21-8-5-9-22-15(12-21)10-14(19-22)11-18-16(23)13-6-3-4-7-13/h10,13H,3-9,11-12H2,1-2H3,(H,18,23). The Morgan fingerprint density at radius 3 is 2.71 bits per heavy atom. The molecule has 0 unspecified atom stereocenters. The molecule has 0 saturated heterocycles. The molecule has 1 aliphatic carbocycles. The van der Waals surface area contributed by atoms with Crippen molar-refractivity contribution in [3.63, 3.8) is 0 Å². The maximum atomic E-state index is 12.2. The summed E-state index contributed by atoms with van der Waals surface area (Å²) in [5.74, 6) is 0.332. The molecule has 0 atom stereocenters. The molecule has 24 heavy (non-hydrogen) atoms. The van der Waals surface area contributed by atoms with Crippen LogP contribution in [0.5, 0.6) is 0 Å². The van der Waals surface area contributed by atoms with Crippen LogP contribution in [0.1, 0.15) is 43.5 Å². The summed E-state index contributed by atoms with van der Waals surface area (Å²) in [5, 5.41) is 7.61. The van der Waals surface area contributed by atoms with Crippen molar-refractivity contribution in [3.05, 3.63) is 17.5 Å².